The van der Waals surface area contributed by atoms with Gasteiger partial charge in [0.1, 0.15) is 11.9 Å². The van der Waals surface area contributed by atoms with Gasteiger partial charge >= 0.3 is 0 Å². The second kappa shape index (κ2) is 8.42. The average Bonchev–Trinajstić information content (AvgIpc) is 2.83. The monoisotopic (exact) mass is 460 g/mol. The zero-order chi connectivity index (χ0) is 23.0. The molecule has 1 atom stereocenters. The Hall–Kier alpha value is -3.55. The molecule has 5 nitrogen and oxygen atoms in total. The fraction of sp³-hybridized carbons (Fsp3) is 0.115. The van der Waals surface area contributed by atoms with E-state index in [-0.39, 0.29) is 17.9 Å². The number of carbonyl (C=O) groups excluding carboxylic acids is 1. The van der Waals surface area contributed by atoms with Gasteiger partial charge in [0.2, 0.25) is 15.9 Å². The normalized spacial score (nSPS) is 16.3. The van der Waals surface area contributed by atoms with Gasteiger partial charge in [-0.2, -0.15) is 4.31 Å². The van der Waals surface area contributed by atoms with Crippen molar-refractivity contribution in [3.8, 4) is 0 Å². The Morgan fingerprint density at radius 3 is 2.30 bits per heavy atom. The van der Waals surface area contributed by atoms with E-state index < -0.39 is 27.8 Å². The number of nitrogens with one attached hydrogen (secondary N) is 1. The molecule has 5 rings (SSSR count). The molecule has 0 saturated carbocycles. The molecule has 1 N–H and O–H groups in total. The molecule has 4 aromatic carbocycles. The molecular weight excluding hydrogens is 439 g/mol. The number of sulfonamides is 1. The van der Waals surface area contributed by atoms with E-state index in [1.165, 1.54) is 16.4 Å². The van der Waals surface area contributed by atoms with E-state index >= 15 is 0 Å². The summed E-state index contributed by atoms with van der Waals surface area (Å²) in [7, 11) is -4.04. The van der Waals surface area contributed by atoms with Gasteiger partial charge < -0.3 is 5.32 Å². The summed E-state index contributed by atoms with van der Waals surface area (Å²) in [5, 5.41) is 4.79. The van der Waals surface area contributed by atoms with Crippen molar-refractivity contribution in [2.75, 3.05) is 5.32 Å². The Labute approximate surface area is 191 Å². The lowest BCUT2D eigenvalue weighted by molar-refractivity contribution is -0.120. The molecular formula is C26H21FN2O3S. The predicted molar refractivity (Wildman–Crippen MR) is 126 cm³/mol. The molecule has 0 spiro atoms. The van der Waals surface area contributed by atoms with Crippen LogP contribution in [0.5, 0.6) is 0 Å². The Morgan fingerprint density at radius 2 is 1.52 bits per heavy atom. The lowest BCUT2D eigenvalue weighted by Gasteiger charge is -2.35. The Bertz CT molecular complexity index is 1450. The van der Waals surface area contributed by atoms with Gasteiger partial charge in [-0.3, -0.25) is 4.79 Å². The maximum Gasteiger partial charge on any atom is 0.244 e. The van der Waals surface area contributed by atoms with Crippen molar-refractivity contribution < 1.29 is 17.6 Å². The molecule has 0 unspecified atom stereocenters. The van der Waals surface area contributed by atoms with E-state index in [2.05, 4.69) is 5.32 Å². The number of halogens is 1. The quantitative estimate of drug-likeness (QED) is 0.479. The first kappa shape index (κ1) is 21.3. The zero-order valence-corrected chi connectivity index (χ0v) is 18.4. The highest BCUT2D eigenvalue weighted by Gasteiger charge is 2.39. The number of anilines is 1. The summed E-state index contributed by atoms with van der Waals surface area (Å²) in [5.74, 6) is -0.935. The van der Waals surface area contributed by atoms with Crippen molar-refractivity contribution in [1.29, 1.82) is 0 Å². The van der Waals surface area contributed by atoms with Gasteiger partial charge in [0, 0.05) is 17.6 Å². The van der Waals surface area contributed by atoms with Crippen LogP contribution in [0, 0.1) is 5.82 Å². The van der Waals surface area contributed by atoms with Crippen LogP contribution in [-0.4, -0.2) is 24.7 Å². The Balaban J connectivity index is 1.54. The first-order valence-corrected chi connectivity index (χ1v) is 12.0. The number of amides is 1. The van der Waals surface area contributed by atoms with E-state index in [1.54, 1.807) is 6.07 Å². The SMILES string of the molecule is O=C(Nc1cccc2ccccc12)[C@@H]1Cc2ccccc2CN1S(=O)(=O)c1ccc(F)cc1. The highest BCUT2D eigenvalue weighted by atomic mass is 32.2. The molecule has 0 saturated heterocycles. The molecule has 33 heavy (non-hydrogen) atoms. The van der Waals surface area contributed by atoms with Crippen molar-refractivity contribution in [3.05, 3.63) is 108 Å². The number of carbonyl (C=O) groups is 1. The third kappa shape index (κ3) is 4.01. The second-order valence-electron chi connectivity index (χ2n) is 8.01. The van der Waals surface area contributed by atoms with Crippen LogP contribution in [0.3, 0.4) is 0 Å². The van der Waals surface area contributed by atoms with Gasteiger partial charge in [0.15, 0.2) is 0 Å². The van der Waals surface area contributed by atoms with Gasteiger partial charge in [-0.05, 0) is 53.3 Å². The molecule has 7 heteroatoms. The number of nitrogens with zero attached hydrogens (tertiary/aromatic N) is 1. The molecule has 0 aliphatic carbocycles. The number of fused-ring (bicyclic) bond motifs is 2. The lowest BCUT2D eigenvalue weighted by atomic mass is 9.95. The summed E-state index contributed by atoms with van der Waals surface area (Å²) < 4.78 is 41.7. The van der Waals surface area contributed by atoms with Crippen LogP contribution in [0.4, 0.5) is 10.1 Å². The minimum Gasteiger partial charge on any atom is -0.324 e. The van der Waals surface area contributed by atoms with Gasteiger partial charge in [-0.25, -0.2) is 12.8 Å². The minimum atomic E-state index is -4.04. The van der Waals surface area contributed by atoms with Crippen LogP contribution >= 0.6 is 0 Å². The number of hydrogen-bond acceptors (Lipinski definition) is 3. The van der Waals surface area contributed by atoms with Crippen molar-refractivity contribution in [1.82, 2.24) is 4.31 Å². The summed E-state index contributed by atoms with van der Waals surface area (Å²) in [6.45, 7) is 0.0590. The molecule has 1 amide bonds. The standard InChI is InChI=1S/C26H21FN2O3S/c27-21-12-14-22(15-13-21)33(31,32)29-17-20-8-2-1-7-19(20)16-25(29)26(30)28-24-11-5-9-18-6-3-4-10-23(18)24/h1-15,25H,16-17H2,(H,28,30)/t25-/m0/s1. The smallest absolute Gasteiger partial charge is 0.244 e. The van der Waals surface area contributed by atoms with Crippen LogP contribution in [0.2, 0.25) is 0 Å². The van der Waals surface area contributed by atoms with Crippen LogP contribution in [0.1, 0.15) is 11.1 Å². The fourth-order valence-electron chi connectivity index (χ4n) is 4.27. The molecule has 4 aromatic rings. The Kier molecular flexibility index (Phi) is 5.44. The fourth-order valence-corrected chi connectivity index (χ4v) is 5.83. The summed E-state index contributed by atoms with van der Waals surface area (Å²) in [5.41, 5.74) is 2.40. The Morgan fingerprint density at radius 1 is 0.848 bits per heavy atom. The van der Waals surface area contributed by atoms with E-state index in [0.29, 0.717) is 5.69 Å². The number of rotatable bonds is 4. The summed E-state index contributed by atoms with van der Waals surface area (Å²) in [6, 6.07) is 24.5. The molecule has 1 heterocycles. The summed E-state index contributed by atoms with van der Waals surface area (Å²) in [4.78, 5) is 13.4. The summed E-state index contributed by atoms with van der Waals surface area (Å²) in [6.07, 6.45) is 0.243. The molecule has 1 aliphatic heterocycles. The molecule has 0 bridgehead atoms. The van der Waals surface area contributed by atoms with Gasteiger partial charge in [0.05, 0.1) is 4.90 Å². The topological polar surface area (TPSA) is 66.5 Å². The van der Waals surface area contributed by atoms with Gasteiger partial charge in [0.25, 0.3) is 0 Å². The maximum atomic E-state index is 13.5. The lowest BCUT2D eigenvalue weighted by Crippen LogP contribution is -2.50. The van der Waals surface area contributed by atoms with Crippen LogP contribution < -0.4 is 5.32 Å². The van der Waals surface area contributed by atoms with Crippen LogP contribution in [-0.2, 0) is 27.8 Å². The van der Waals surface area contributed by atoms with Crippen molar-refractivity contribution in [2.24, 2.45) is 0 Å². The highest BCUT2D eigenvalue weighted by molar-refractivity contribution is 7.89. The van der Waals surface area contributed by atoms with Gasteiger partial charge in [-0.15, -0.1) is 0 Å². The largest absolute Gasteiger partial charge is 0.324 e. The first-order chi connectivity index (χ1) is 15.9. The molecule has 166 valence electrons. The third-order valence-electron chi connectivity index (χ3n) is 5.98. The second-order valence-corrected chi connectivity index (χ2v) is 9.90. The molecule has 0 radical (unpaired) electrons. The third-order valence-corrected chi connectivity index (χ3v) is 7.84. The minimum absolute atomic E-state index is 0.0498. The van der Waals surface area contributed by atoms with E-state index in [1.807, 2.05) is 60.7 Å². The van der Waals surface area contributed by atoms with Crippen molar-refractivity contribution in [3.63, 3.8) is 0 Å². The van der Waals surface area contributed by atoms with Gasteiger partial charge in [-0.1, -0.05) is 60.7 Å². The van der Waals surface area contributed by atoms with Crippen LogP contribution in [0.25, 0.3) is 10.8 Å². The predicted octanol–water partition coefficient (Wildman–Crippen LogP) is 4.73. The first-order valence-electron chi connectivity index (χ1n) is 10.6. The number of benzene rings is 4. The number of hydrogen-bond donors (Lipinski definition) is 1. The average molecular weight is 461 g/mol. The van der Waals surface area contributed by atoms with E-state index in [0.717, 1.165) is 34.0 Å². The maximum absolute atomic E-state index is 13.5. The molecule has 0 fully saturated rings. The highest BCUT2D eigenvalue weighted by Crippen LogP contribution is 2.31. The van der Waals surface area contributed by atoms with E-state index in [9.17, 15) is 17.6 Å². The molecule has 0 aromatic heterocycles. The summed E-state index contributed by atoms with van der Waals surface area (Å²) >= 11 is 0. The van der Waals surface area contributed by atoms with Crippen molar-refractivity contribution >= 4 is 32.4 Å². The zero-order valence-electron chi connectivity index (χ0n) is 17.6. The van der Waals surface area contributed by atoms with Crippen molar-refractivity contribution in [2.45, 2.75) is 23.9 Å². The van der Waals surface area contributed by atoms with Crippen LogP contribution in [0.15, 0.2) is 95.9 Å². The molecule has 1 aliphatic rings. The van der Waals surface area contributed by atoms with E-state index in [4.69, 9.17) is 0 Å².